The summed E-state index contributed by atoms with van der Waals surface area (Å²) in [7, 11) is 0. The third-order valence-corrected chi connectivity index (χ3v) is 3.78. The third kappa shape index (κ3) is 4.98. The average Bonchev–Trinajstić information content (AvgIpc) is 2.93. The van der Waals surface area contributed by atoms with Crippen molar-refractivity contribution in [2.24, 2.45) is 5.92 Å². The predicted octanol–water partition coefficient (Wildman–Crippen LogP) is 2.99. The van der Waals surface area contributed by atoms with Crippen molar-refractivity contribution in [1.82, 2.24) is 15.2 Å². The van der Waals surface area contributed by atoms with Crippen LogP contribution in [0, 0.1) is 5.92 Å². The zero-order chi connectivity index (χ0) is 16.2. The number of likely N-dealkylation sites (tertiary alicyclic amines) is 1. The van der Waals surface area contributed by atoms with Gasteiger partial charge in [-0.05, 0) is 52.2 Å². The number of ether oxygens (including phenoxy) is 1. The van der Waals surface area contributed by atoms with E-state index in [-0.39, 0.29) is 12.1 Å². The number of carbonyl (C=O) groups excluding carboxylic acids is 1. The Labute approximate surface area is 133 Å². The highest BCUT2D eigenvalue weighted by atomic mass is 16.6. The van der Waals surface area contributed by atoms with E-state index in [1.807, 2.05) is 50.1 Å². The number of nitrogens with one attached hydrogen (secondary N) is 1. The molecule has 1 amide bonds. The molecular weight excluding hydrogens is 278 g/mol. The lowest BCUT2D eigenvalue weighted by Gasteiger charge is -2.24. The molecule has 2 heterocycles. The fraction of sp³-hybridized carbons (Fsp3) is 0.647. The van der Waals surface area contributed by atoms with Crippen molar-refractivity contribution < 1.29 is 9.53 Å². The molecule has 122 valence electrons. The van der Waals surface area contributed by atoms with Gasteiger partial charge in [0.1, 0.15) is 5.60 Å². The Morgan fingerprint density at radius 1 is 1.50 bits per heavy atom. The van der Waals surface area contributed by atoms with Gasteiger partial charge >= 0.3 is 6.09 Å². The molecule has 1 aromatic heterocycles. The van der Waals surface area contributed by atoms with Crippen LogP contribution in [0.1, 0.15) is 45.9 Å². The highest BCUT2D eigenvalue weighted by Crippen LogP contribution is 2.20. The van der Waals surface area contributed by atoms with Gasteiger partial charge in [0.25, 0.3) is 0 Å². The molecule has 0 aliphatic carbocycles. The van der Waals surface area contributed by atoms with Gasteiger partial charge in [-0.2, -0.15) is 0 Å². The maximum atomic E-state index is 12.0. The number of nitrogens with zero attached hydrogens (tertiary/aromatic N) is 2. The zero-order valence-corrected chi connectivity index (χ0v) is 14.0. The lowest BCUT2D eigenvalue weighted by molar-refractivity contribution is 0.0288. The molecule has 5 nitrogen and oxygen atoms in total. The van der Waals surface area contributed by atoms with Crippen LogP contribution < -0.4 is 5.32 Å². The van der Waals surface area contributed by atoms with E-state index in [1.165, 1.54) is 0 Å². The summed E-state index contributed by atoms with van der Waals surface area (Å²) >= 11 is 0. The average molecular weight is 305 g/mol. The van der Waals surface area contributed by atoms with Crippen LogP contribution in [-0.2, 0) is 4.74 Å². The Balaban J connectivity index is 1.76. The minimum atomic E-state index is -0.430. The van der Waals surface area contributed by atoms with Crippen LogP contribution >= 0.6 is 0 Å². The molecule has 0 unspecified atom stereocenters. The van der Waals surface area contributed by atoms with Crippen molar-refractivity contribution in [3.05, 3.63) is 30.1 Å². The molecule has 0 radical (unpaired) electrons. The molecule has 22 heavy (non-hydrogen) atoms. The Morgan fingerprint density at radius 2 is 2.27 bits per heavy atom. The Morgan fingerprint density at radius 3 is 2.91 bits per heavy atom. The molecule has 1 aliphatic heterocycles. The Kier molecular flexibility index (Phi) is 5.40. The summed E-state index contributed by atoms with van der Waals surface area (Å²) in [5, 5.41) is 3.51. The Hall–Kier alpha value is -1.62. The Bertz CT molecular complexity index is 484. The lowest BCUT2D eigenvalue weighted by Crippen LogP contribution is -2.36. The molecular formula is C17H27N3O2. The SMILES string of the molecule is C[C@@H](NC[C@@H]1CCN(C(=O)OC(C)(C)C)C1)c1ccccn1. The van der Waals surface area contributed by atoms with Crippen molar-refractivity contribution in [3.8, 4) is 0 Å². The van der Waals surface area contributed by atoms with E-state index in [4.69, 9.17) is 4.74 Å². The molecule has 1 N–H and O–H groups in total. The highest BCUT2D eigenvalue weighted by Gasteiger charge is 2.29. The number of pyridine rings is 1. The van der Waals surface area contributed by atoms with E-state index in [2.05, 4.69) is 17.2 Å². The number of hydrogen-bond acceptors (Lipinski definition) is 4. The summed E-state index contributed by atoms with van der Waals surface area (Å²) in [6, 6.07) is 6.17. The number of rotatable bonds is 4. The second-order valence-electron chi connectivity index (χ2n) is 6.97. The third-order valence-electron chi connectivity index (χ3n) is 3.78. The second-order valence-corrected chi connectivity index (χ2v) is 6.97. The number of amides is 1. The van der Waals surface area contributed by atoms with Crippen molar-refractivity contribution in [2.45, 2.75) is 45.8 Å². The molecule has 1 saturated heterocycles. The molecule has 2 rings (SSSR count). The maximum absolute atomic E-state index is 12.0. The summed E-state index contributed by atoms with van der Waals surface area (Å²) < 4.78 is 5.42. The van der Waals surface area contributed by atoms with E-state index < -0.39 is 5.60 Å². The van der Waals surface area contributed by atoms with Gasteiger partial charge in [0.2, 0.25) is 0 Å². The maximum Gasteiger partial charge on any atom is 0.410 e. The molecule has 1 fully saturated rings. The van der Waals surface area contributed by atoms with E-state index in [0.717, 1.165) is 31.7 Å². The highest BCUT2D eigenvalue weighted by molar-refractivity contribution is 5.68. The van der Waals surface area contributed by atoms with Gasteiger partial charge in [-0.3, -0.25) is 4.98 Å². The molecule has 2 atom stereocenters. The normalized spacial score (nSPS) is 20.0. The first-order chi connectivity index (χ1) is 10.3. The van der Waals surface area contributed by atoms with Gasteiger partial charge < -0.3 is 15.0 Å². The number of aromatic nitrogens is 1. The van der Waals surface area contributed by atoms with E-state index in [9.17, 15) is 4.79 Å². The molecule has 0 bridgehead atoms. The van der Waals surface area contributed by atoms with Crippen LogP contribution in [0.5, 0.6) is 0 Å². The van der Waals surface area contributed by atoms with Crippen molar-refractivity contribution in [3.63, 3.8) is 0 Å². The van der Waals surface area contributed by atoms with E-state index >= 15 is 0 Å². The largest absolute Gasteiger partial charge is 0.444 e. The predicted molar refractivity (Wildman–Crippen MR) is 86.6 cm³/mol. The van der Waals surface area contributed by atoms with Crippen molar-refractivity contribution in [1.29, 1.82) is 0 Å². The fourth-order valence-corrected chi connectivity index (χ4v) is 2.57. The lowest BCUT2D eigenvalue weighted by atomic mass is 10.1. The van der Waals surface area contributed by atoms with Crippen LogP contribution in [0.25, 0.3) is 0 Å². The standard InChI is InChI=1S/C17H27N3O2/c1-13(15-7-5-6-9-18-15)19-11-14-8-10-20(12-14)16(21)22-17(2,3)4/h5-7,9,13-14,19H,8,10-12H2,1-4H3/t13-,14+/m1/s1. The minimum absolute atomic E-state index is 0.201. The molecule has 0 saturated carbocycles. The summed E-state index contributed by atoms with van der Waals surface area (Å²) in [5.74, 6) is 0.471. The number of carbonyl (C=O) groups is 1. The molecule has 1 aromatic rings. The van der Waals surface area contributed by atoms with Crippen molar-refractivity contribution >= 4 is 6.09 Å². The van der Waals surface area contributed by atoms with Gasteiger partial charge in [-0.1, -0.05) is 6.07 Å². The first kappa shape index (κ1) is 16.7. The quantitative estimate of drug-likeness (QED) is 0.929. The first-order valence-electron chi connectivity index (χ1n) is 7.97. The van der Waals surface area contributed by atoms with Gasteiger partial charge in [0, 0.05) is 31.9 Å². The molecule has 0 spiro atoms. The van der Waals surface area contributed by atoms with Gasteiger partial charge in [-0.15, -0.1) is 0 Å². The summed E-state index contributed by atoms with van der Waals surface area (Å²) in [6.07, 6.45) is 2.63. The second kappa shape index (κ2) is 7.09. The fourth-order valence-electron chi connectivity index (χ4n) is 2.57. The first-order valence-corrected chi connectivity index (χ1v) is 7.97. The zero-order valence-electron chi connectivity index (χ0n) is 14.0. The molecule has 5 heteroatoms. The summed E-state index contributed by atoms with van der Waals surface area (Å²) in [5.41, 5.74) is 0.616. The van der Waals surface area contributed by atoms with E-state index in [0.29, 0.717) is 5.92 Å². The van der Waals surface area contributed by atoms with Gasteiger partial charge in [0.05, 0.1) is 5.69 Å². The van der Waals surface area contributed by atoms with Crippen molar-refractivity contribution in [2.75, 3.05) is 19.6 Å². The summed E-state index contributed by atoms with van der Waals surface area (Å²) in [4.78, 5) is 18.2. The summed E-state index contributed by atoms with van der Waals surface area (Å²) in [6.45, 7) is 10.2. The minimum Gasteiger partial charge on any atom is -0.444 e. The smallest absolute Gasteiger partial charge is 0.410 e. The van der Waals surface area contributed by atoms with Crippen LogP contribution in [0.3, 0.4) is 0 Å². The topological polar surface area (TPSA) is 54.5 Å². The van der Waals surface area contributed by atoms with Crippen LogP contribution in [-0.4, -0.2) is 41.2 Å². The van der Waals surface area contributed by atoms with Crippen LogP contribution in [0.4, 0.5) is 4.79 Å². The van der Waals surface area contributed by atoms with Crippen LogP contribution in [0.15, 0.2) is 24.4 Å². The monoisotopic (exact) mass is 305 g/mol. The van der Waals surface area contributed by atoms with E-state index in [1.54, 1.807) is 0 Å². The number of hydrogen-bond donors (Lipinski definition) is 1. The van der Waals surface area contributed by atoms with Gasteiger partial charge in [0.15, 0.2) is 0 Å². The molecule has 0 aromatic carbocycles. The molecule has 1 aliphatic rings. The van der Waals surface area contributed by atoms with Gasteiger partial charge in [-0.25, -0.2) is 4.79 Å². The van der Waals surface area contributed by atoms with Crippen LogP contribution in [0.2, 0.25) is 0 Å².